The Balaban J connectivity index is 2.07. The average molecular weight is 185 g/mol. The fourth-order valence-corrected chi connectivity index (χ4v) is 2.30. The highest BCUT2D eigenvalue weighted by Crippen LogP contribution is 2.32. The van der Waals surface area contributed by atoms with Crippen LogP contribution in [0, 0.1) is 0 Å². The van der Waals surface area contributed by atoms with Crippen molar-refractivity contribution < 1.29 is 9.47 Å². The van der Waals surface area contributed by atoms with Crippen LogP contribution in [0.25, 0.3) is 0 Å². The van der Waals surface area contributed by atoms with Gasteiger partial charge in [0.1, 0.15) is 5.60 Å². The fourth-order valence-electron chi connectivity index (χ4n) is 2.30. The number of hydrogen-bond donors (Lipinski definition) is 0. The molecule has 1 spiro atoms. The second kappa shape index (κ2) is 3.23. The Kier molecular flexibility index (Phi) is 2.34. The van der Waals surface area contributed by atoms with Gasteiger partial charge in [0.05, 0.1) is 19.8 Å². The Hall–Kier alpha value is -0.120. The van der Waals surface area contributed by atoms with E-state index in [2.05, 4.69) is 25.7 Å². The molecule has 0 aromatic carbocycles. The summed E-state index contributed by atoms with van der Waals surface area (Å²) in [7, 11) is 0. The van der Waals surface area contributed by atoms with Crippen molar-refractivity contribution >= 4 is 0 Å². The molecule has 13 heavy (non-hydrogen) atoms. The standard InChI is InChI=1S/C10H19NO2/c1-8(2)11-4-5-13-10(9(11)3)6-12-7-10/h8-9H,4-7H2,1-3H3/t9-/m1/s1. The third-order valence-corrected chi connectivity index (χ3v) is 3.35. The van der Waals surface area contributed by atoms with E-state index in [9.17, 15) is 0 Å². The summed E-state index contributed by atoms with van der Waals surface area (Å²) in [5, 5.41) is 0. The zero-order chi connectivity index (χ0) is 9.47. The Labute approximate surface area is 80.0 Å². The minimum absolute atomic E-state index is 0.0164. The largest absolute Gasteiger partial charge is 0.375 e. The summed E-state index contributed by atoms with van der Waals surface area (Å²) in [5.41, 5.74) is 0.0164. The lowest BCUT2D eigenvalue weighted by Crippen LogP contribution is -2.68. The molecule has 2 heterocycles. The van der Waals surface area contributed by atoms with Gasteiger partial charge in [0.15, 0.2) is 0 Å². The maximum Gasteiger partial charge on any atom is 0.130 e. The molecule has 0 saturated carbocycles. The summed E-state index contributed by atoms with van der Waals surface area (Å²) in [4.78, 5) is 2.51. The zero-order valence-electron chi connectivity index (χ0n) is 8.75. The second-order valence-electron chi connectivity index (χ2n) is 4.41. The SMILES string of the molecule is CC(C)N1CCOC2(COC2)[C@H]1C. The first kappa shape index (κ1) is 9.44. The van der Waals surface area contributed by atoms with Crippen LogP contribution in [0.5, 0.6) is 0 Å². The van der Waals surface area contributed by atoms with E-state index >= 15 is 0 Å². The molecule has 0 bridgehead atoms. The van der Waals surface area contributed by atoms with E-state index in [0.717, 1.165) is 26.4 Å². The first-order chi connectivity index (χ1) is 6.16. The highest BCUT2D eigenvalue weighted by Gasteiger charge is 2.49. The van der Waals surface area contributed by atoms with Gasteiger partial charge in [-0.15, -0.1) is 0 Å². The molecule has 0 unspecified atom stereocenters. The normalized spacial score (nSPS) is 33.7. The first-order valence-corrected chi connectivity index (χ1v) is 5.13. The highest BCUT2D eigenvalue weighted by molar-refractivity contribution is 5.00. The second-order valence-corrected chi connectivity index (χ2v) is 4.41. The molecule has 1 atom stereocenters. The summed E-state index contributed by atoms with van der Waals surface area (Å²) in [5.74, 6) is 0. The van der Waals surface area contributed by atoms with Gasteiger partial charge in [-0.2, -0.15) is 0 Å². The highest BCUT2D eigenvalue weighted by atomic mass is 16.6. The maximum atomic E-state index is 5.83. The predicted molar refractivity (Wildman–Crippen MR) is 50.8 cm³/mol. The molecule has 0 aliphatic carbocycles. The van der Waals surface area contributed by atoms with Crippen LogP contribution < -0.4 is 0 Å². The van der Waals surface area contributed by atoms with Crippen LogP contribution in [0.2, 0.25) is 0 Å². The number of nitrogens with zero attached hydrogens (tertiary/aromatic N) is 1. The molecule has 0 amide bonds. The van der Waals surface area contributed by atoms with Gasteiger partial charge in [-0.05, 0) is 20.8 Å². The Morgan fingerprint density at radius 2 is 2.08 bits per heavy atom. The average Bonchev–Trinajstić information content (AvgIpc) is 2.01. The summed E-state index contributed by atoms with van der Waals surface area (Å²) >= 11 is 0. The van der Waals surface area contributed by atoms with Crippen LogP contribution in [0.3, 0.4) is 0 Å². The van der Waals surface area contributed by atoms with Crippen LogP contribution in [0.4, 0.5) is 0 Å². The number of ether oxygens (including phenoxy) is 2. The Bertz CT molecular complexity index is 189. The van der Waals surface area contributed by atoms with E-state index in [4.69, 9.17) is 9.47 Å². The predicted octanol–water partition coefficient (Wildman–Crippen LogP) is 0.884. The van der Waals surface area contributed by atoms with Crippen molar-refractivity contribution in [1.29, 1.82) is 0 Å². The van der Waals surface area contributed by atoms with Gasteiger partial charge >= 0.3 is 0 Å². The molecule has 0 aromatic heterocycles. The quantitative estimate of drug-likeness (QED) is 0.605. The van der Waals surface area contributed by atoms with E-state index < -0.39 is 0 Å². The van der Waals surface area contributed by atoms with E-state index in [0.29, 0.717) is 12.1 Å². The molecule has 76 valence electrons. The molecular weight excluding hydrogens is 166 g/mol. The van der Waals surface area contributed by atoms with Gasteiger partial charge in [-0.25, -0.2) is 0 Å². The zero-order valence-corrected chi connectivity index (χ0v) is 8.75. The van der Waals surface area contributed by atoms with Crippen LogP contribution >= 0.6 is 0 Å². The molecule has 0 N–H and O–H groups in total. The van der Waals surface area contributed by atoms with Gasteiger partial charge in [0, 0.05) is 18.6 Å². The number of hydrogen-bond acceptors (Lipinski definition) is 3. The number of rotatable bonds is 1. The van der Waals surface area contributed by atoms with E-state index in [1.807, 2.05) is 0 Å². The van der Waals surface area contributed by atoms with Crippen LogP contribution in [0.15, 0.2) is 0 Å². The van der Waals surface area contributed by atoms with Crippen molar-refractivity contribution in [3.63, 3.8) is 0 Å². The number of morpholine rings is 1. The Morgan fingerprint density at radius 1 is 1.38 bits per heavy atom. The van der Waals surface area contributed by atoms with E-state index in [1.54, 1.807) is 0 Å². The van der Waals surface area contributed by atoms with Gasteiger partial charge in [-0.3, -0.25) is 4.90 Å². The molecule has 2 rings (SSSR count). The van der Waals surface area contributed by atoms with Crippen LogP contribution in [-0.4, -0.2) is 49.0 Å². The third kappa shape index (κ3) is 1.39. The summed E-state index contributed by atoms with van der Waals surface area (Å²) in [6.45, 7) is 10.2. The smallest absolute Gasteiger partial charge is 0.130 e. The minimum atomic E-state index is 0.0164. The lowest BCUT2D eigenvalue weighted by molar-refractivity contribution is -0.262. The van der Waals surface area contributed by atoms with Crippen molar-refractivity contribution in [2.24, 2.45) is 0 Å². The lowest BCUT2D eigenvalue weighted by Gasteiger charge is -2.53. The van der Waals surface area contributed by atoms with Crippen molar-refractivity contribution in [3.05, 3.63) is 0 Å². The molecule has 2 aliphatic rings. The van der Waals surface area contributed by atoms with E-state index in [1.165, 1.54) is 0 Å². The molecule has 2 saturated heterocycles. The lowest BCUT2D eigenvalue weighted by atomic mass is 9.89. The van der Waals surface area contributed by atoms with Gasteiger partial charge in [-0.1, -0.05) is 0 Å². The van der Waals surface area contributed by atoms with Gasteiger partial charge in [0.2, 0.25) is 0 Å². The third-order valence-electron chi connectivity index (χ3n) is 3.35. The van der Waals surface area contributed by atoms with Crippen LogP contribution in [0.1, 0.15) is 20.8 Å². The van der Waals surface area contributed by atoms with Crippen LogP contribution in [-0.2, 0) is 9.47 Å². The Morgan fingerprint density at radius 3 is 2.54 bits per heavy atom. The van der Waals surface area contributed by atoms with Crippen molar-refractivity contribution in [2.45, 2.75) is 38.5 Å². The minimum Gasteiger partial charge on any atom is -0.375 e. The topological polar surface area (TPSA) is 21.7 Å². The summed E-state index contributed by atoms with van der Waals surface area (Å²) in [6, 6.07) is 1.10. The van der Waals surface area contributed by atoms with Gasteiger partial charge < -0.3 is 9.47 Å². The molecule has 0 aromatic rings. The van der Waals surface area contributed by atoms with Crippen molar-refractivity contribution in [2.75, 3.05) is 26.4 Å². The summed E-state index contributed by atoms with van der Waals surface area (Å²) < 4.78 is 11.1. The molecular formula is C10H19NO2. The first-order valence-electron chi connectivity index (χ1n) is 5.13. The molecule has 2 aliphatic heterocycles. The summed E-state index contributed by atoms with van der Waals surface area (Å²) in [6.07, 6.45) is 0. The molecule has 0 radical (unpaired) electrons. The molecule has 2 fully saturated rings. The van der Waals surface area contributed by atoms with Crippen molar-refractivity contribution in [1.82, 2.24) is 4.90 Å². The van der Waals surface area contributed by atoms with Gasteiger partial charge in [0.25, 0.3) is 0 Å². The maximum absolute atomic E-state index is 5.83. The molecule has 3 nitrogen and oxygen atoms in total. The monoisotopic (exact) mass is 185 g/mol. The molecule has 3 heteroatoms. The van der Waals surface area contributed by atoms with E-state index in [-0.39, 0.29) is 5.60 Å². The fraction of sp³-hybridized carbons (Fsp3) is 1.00. The van der Waals surface area contributed by atoms with Crippen molar-refractivity contribution in [3.8, 4) is 0 Å².